The van der Waals surface area contributed by atoms with Gasteiger partial charge in [0.2, 0.25) is 0 Å². The van der Waals surface area contributed by atoms with Gasteiger partial charge in [0.05, 0.1) is 12.5 Å². The van der Waals surface area contributed by atoms with Gasteiger partial charge in [-0.2, -0.15) is 0 Å². The fraction of sp³-hybridized carbons (Fsp3) is 0.333. The SMILES string of the molecule is Cc1ccc(C(=O)C(N)CC(=O)O)cc1C. The van der Waals surface area contributed by atoms with Crippen molar-refractivity contribution < 1.29 is 14.7 Å². The van der Waals surface area contributed by atoms with Crippen molar-refractivity contribution >= 4 is 11.8 Å². The molecule has 0 saturated heterocycles. The molecule has 0 amide bonds. The van der Waals surface area contributed by atoms with Crippen LogP contribution in [0.15, 0.2) is 18.2 Å². The summed E-state index contributed by atoms with van der Waals surface area (Å²) in [7, 11) is 0. The molecular weight excluding hydrogens is 206 g/mol. The highest BCUT2D eigenvalue weighted by Gasteiger charge is 2.18. The monoisotopic (exact) mass is 221 g/mol. The highest BCUT2D eigenvalue weighted by atomic mass is 16.4. The maximum absolute atomic E-state index is 11.8. The minimum absolute atomic E-state index is 0.328. The first-order chi connectivity index (χ1) is 7.41. The number of Topliss-reactive ketones (excluding diaryl/α,β-unsaturated/α-hetero) is 1. The van der Waals surface area contributed by atoms with Crippen LogP contribution < -0.4 is 5.73 Å². The quantitative estimate of drug-likeness (QED) is 0.751. The van der Waals surface area contributed by atoms with Crippen molar-refractivity contribution in [2.24, 2.45) is 5.73 Å². The molecule has 0 bridgehead atoms. The van der Waals surface area contributed by atoms with Crippen molar-refractivity contribution in [3.63, 3.8) is 0 Å². The van der Waals surface area contributed by atoms with Gasteiger partial charge in [-0.3, -0.25) is 9.59 Å². The van der Waals surface area contributed by atoms with Gasteiger partial charge in [-0.05, 0) is 31.0 Å². The smallest absolute Gasteiger partial charge is 0.305 e. The zero-order valence-electron chi connectivity index (χ0n) is 9.36. The number of aryl methyl sites for hydroxylation is 2. The van der Waals surface area contributed by atoms with Crippen LogP contribution in [0.3, 0.4) is 0 Å². The lowest BCUT2D eigenvalue weighted by Gasteiger charge is -2.09. The van der Waals surface area contributed by atoms with E-state index in [1.165, 1.54) is 0 Å². The van der Waals surface area contributed by atoms with Gasteiger partial charge < -0.3 is 10.8 Å². The standard InChI is InChI=1S/C12H15NO3/c1-7-3-4-9(5-8(7)2)12(16)10(13)6-11(14)15/h3-5,10H,6,13H2,1-2H3,(H,14,15). The van der Waals surface area contributed by atoms with E-state index in [1.807, 2.05) is 19.9 Å². The van der Waals surface area contributed by atoms with Gasteiger partial charge in [-0.1, -0.05) is 12.1 Å². The highest BCUT2D eigenvalue weighted by Crippen LogP contribution is 2.12. The highest BCUT2D eigenvalue weighted by molar-refractivity contribution is 6.01. The number of aliphatic carboxylic acids is 1. The van der Waals surface area contributed by atoms with E-state index >= 15 is 0 Å². The lowest BCUT2D eigenvalue weighted by Crippen LogP contribution is -2.33. The third-order valence-corrected chi connectivity index (χ3v) is 2.52. The summed E-state index contributed by atoms with van der Waals surface area (Å²) < 4.78 is 0. The predicted molar refractivity (Wildman–Crippen MR) is 60.5 cm³/mol. The first kappa shape index (κ1) is 12.4. The number of rotatable bonds is 4. The van der Waals surface area contributed by atoms with Crippen molar-refractivity contribution in [2.45, 2.75) is 26.3 Å². The minimum Gasteiger partial charge on any atom is -0.481 e. The van der Waals surface area contributed by atoms with Crippen molar-refractivity contribution in [3.8, 4) is 0 Å². The van der Waals surface area contributed by atoms with Crippen LogP contribution in [0.25, 0.3) is 0 Å². The van der Waals surface area contributed by atoms with Gasteiger partial charge in [-0.25, -0.2) is 0 Å². The lowest BCUT2D eigenvalue weighted by atomic mass is 9.99. The summed E-state index contributed by atoms with van der Waals surface area (Å²) in [4.78, 5) is 22.2. The fourth-order valence-corrected chi connectivity index (χ4v) is 1.39. The van der Waals surface area contributed by atoms with Crippen LogP contribution in [0.1, 0.15) is 27.9 Å². The molecule has 0 aliphatic heterocycles. The number of carbonyl (C=O) groups is 2. The molecule has 0 aliphatic rings. The van der Waals surface area contributed by atoms with Crippen LogP contribution in [0, 0.1) is 13.8 Å². The van der Waals surface area contributed by atoms with E-state index in [1.54, 1.807) is 12.1 Å². The average molecular weight is 221 g/mol. The molecule has 0 saturated carbocycles. The molecule has 3 N–H and O–H groups in total. The molecule has 0 radical (unpaired) electrons. The molecule has 86 valence electrons. The molecule has 16 heavy (non-hydrogen) atoms. The first-order valence-corrected chi connectivity index (χ1v) is 5.00. The Hall–Kier alpha value is -1.68. The topological polar surface area (TPSA) is 80.4 Å². The molecule has 0 fully saturated rings. The second kappa shape index (κ2) is 4.90. The van der Waals surface area contributed by atoms with Crippen LogP contribution in [-0.4, -0.2) is 22.9 Å². The van der Waals surface area contributed by atoms with E-state index in [9.17, 15) is 9.59 Å². The number of benzene rings is 1. The largest absolute Gasteiger partial charge is 0.481 e. The molecule has 1 rings (SSSR count). The van der Waals surface area contributed by atoms with E-state index in [0.717, 1.165) is 11.1 Å². The third kappa shape index (κ3) is 2.90. The van der Waals surface area contributed by atoms with Gasteiger partial charge in [0.15, 0.2) is 5.78 Å². The Labute approximate surface area is 94.1 Å². The molecule has 1 aromatic carbocycles. The van der Waals surface area contributed by atoms with Gasteiger partial charge in [0, 0.05) is 5.56 Å². The van der Waals surface area contributed by atoms with Gasteiger partial charge in [0.1, 0.15) is 0 Å². The molecule has 1 aromatic rings. The van der Waals surface area contributed by atoms with Crippen molar-refractivity contribution in [2.75, 3.05) is 0 Å². The molecular formula is C12H15NO3. The molecule has 0 aliphatic carbocycles. The average Bonchev–Trinajstić information content (AvgIpc) is 2.20. The van der Waals surface area contributed by atoms with E-state index in [0.29, 0.717) is 5.56 Å². The summed E-state index contributed by atoms with van der Waals surface area (Å²) >= 11 is 0. The van der Waals surface area contributed by atoms with Crippen molar-refractivity contribution in [3.05, 3.63) is 34.9 Å². The summed E-state index contributed by atoms with van der Waals surface area (Å²) in [5.41, 5.74) is 8.06. The molecule has 1 unspecified atom stereocenters. The molecule has 0 spiro atoms. The Morgan fingerprint density at radius 1 is 1.31 bits per heavy atom. The molecule has 4 nitrogen and oxygen atoms in total. The van der Waals surface area contributed by atoms with Gasteiger partial charge in [-0.15, -0.1) is 0 Å². The minimum atomic E-state index is -1.07. The Morgan fingerprint density at radius 3 is 2.44 bits per heavy atom. The van der Waals surface area contributed by atoms with E-state index in [-0.39, 0.29) is 12.2 Å². The Kier molecular flexibility index (Phi) is 3.79. The molecule has 1 atom stereocenters. The number of carbonyl (C=O) groups excluding carboxylic acids is 1. The Morgan fingerprint density at radius 2 is 1.94 bits per heavy atom. The van der Waals surface area contributed by atoms with Crippen LogP contribution in [-0.2, 0) is 4.79 Å². The van der Waals surface area contributed by atoms with Crippen LogP contribution >= 0.6 is 0 Å². The number of ketones is 1. The maximum Gasteiger partial charge on any atom is 0.305 e. The predicted octanol–water partition coefficient (Wildman–Crippen LogP) is 1.29. The summed E-state index contributed by atoms with van der Waals surface area (Å²) in [5, 5.41) is 8.55. The maximum atomic E-state index is 11.8. The van der Waals surface area contributed by atoms with E-state index in [4.69, 9.17) is 10.8 Å². The zero-order valence-corrected chi connectivity index (χ0v) is 9.36. The molecule has 0 heterocycles. The zero-order chi connectivity index (χ0) is 12.3. The van der Waals surface area contributed by atoms with Gasteiger partial charge >= 0.3 is 5.97 Å². The van der Waals surface area contributed by atoms with Crippen molar-refractivity contribution in [1.29, 1.82) is 0 Å². The van der Waals surface area contributed by atoms with Gasteiger partial charge in [0.25, 0.3) is 0 Å². The summed E-state index contributed by atoms with van der Waals surface area (Å²) in [6.45, 7) is 3.84. The Balaban J connectivity index is 2.88. The number of hydrogen-bond donors (Lipinski definition) is 2. The van der Waals surface area contributed by atoms with Crippen LogP contribution in [0.2, 0.25) is 0 Å². The van der Waals surface area contributed by atoms with E-state index in [2.05, 4.69) is 0 Å². The molecule has 4 heteroatoms. The normalized spacial score (nSPS) is 12.2. The summed E-state index contributed by atoms with van der Waals surface area (Å²) in [6.07, 6.45) is -0.342. The second-order valence-corrected chi connectivity index (χ2v) is 3.87. The number of carboxylic acid groups (broad SMARTS) is 1. The summed E-state index contributed by atoms with van der Waals surface area (Å²) in [5.74, 6) is -1.39. The Bertz CT molecular complexity index is 426. The second-order valence-electron chi connectivity index (χ2n) is 3.87. The van der Waals surface area contributed by atoms with Crippen molar-refractivity contribution in [1.82, 2.24) is 0 Å². The van der Waals surface area contributed by atoms with E-state index < -0.39 is 12.0 Å². The first-order valence-electron chi connectivity index (χ1n) is 5.00. The third-order valence-electron chi connectivity index (χ3n) is 2.52. The summed E-state index contributed by atoms with van der Waals surface area (Å²) in [6, 6.07) is 4.27. The van der Waals surface area contributed by atoms with Crippen LogP contribution in [0.4, 0.5) is 0 Å². The molecule has 0 aromatic heterocycles. The fourth-order valence-electron chi connectivity index (χ4n) is 1.39. The number of carboxylic acids is 1. The van der Waals surface area contributed by atoms with Crippen LogP contribution in [0.5, 0.6) is 0 Å². The lowest BCUT2D eigenvalue weighted by molar-refractivity contribution is -0.137. The number of nitrogens with two attached hydrogens (primary N) is 1. The number of hydrogen-bond acceptors (Lipinski definition) is 3.